The van der Waals surface area contributed by atoms with Gasteiger partial charge < -0.3 is 14.5 Å². The number of methoxy groups -OCH3 is 1. The third-order valence-electron chi connectivity index (χ3n) is 2.17. The maximum Gasteiger partial charge on any atom is 0.373 e. The van der Waals surface area contributed by atoms with Gasteiger partial charge in [-0.05, 0) is 12.1 Å². The number of thioether (sulfide) groups is 1. The number of hydrogen-bond acceptors (Lipinski definition) is 5. The summed E-state index contributed by atoms with van der Waals surface area (Å²) in [6, 6.07) is 3.32. The van der Waals surface area contributed by atoms with Gasteiger partial charge in [-0.1, -0.05) is 0 Å². The zero-order valence-electron chi connectivity index (χ0n) is 8.69. The number of hydrogen-bond donors (Lipinski definition) is 1. The van der Waals surface area contributed by atoms with Crippen LogP contribution < -0.4 is 5.32 Å². The Bertz CT molecular complexity index is 407. The molecule has 1 unspecified atom stereocenters. The summed E-state index contributed by atoms with van der Waals surface area (Å²) in [7, 11) is 1.31. The first kappa shape index (κ1) is 11.1. The van der Waals surface area contributed by atoms with Crippen molar-refractivity contribution < 1.29 is 18.7 Å². The lowest BCUT2D eigenvalue weighted by Gasteiger charge is -2.25. The van der Waals surface area contributed by atoms with E-state index in [1.165, 1.54) is 7.11 Å². The van der Waals surface area contributed by atoms with Crippen molar-refractivity contribution in [2.75, 3.05) is 7.11 Å². The highest BCUT2D eigenvalue weighted by Gasteiger charge is 2.25. The number of rotatable bonds is 4. The van der Waals surface area contributed by atoms with E-state index in [0.29, 0.717) is 17.9 Å². The van der Waals surface area contributed by atoms with Crippen LogP contribution in [0.4, 0.5) is 0 Å². The molecule has 0 aromatic carbocycles. The lowest BCUT2D eigenvalue weighted by Crippen LogP contribution is -2.46. The standard InChI is InChI=1S/C10H11NO4S/c1-14-10(13)7-3-2-6(15-7)5-16-9-4-8(12)11-9/h2-3,9H,4-5H2,1H3,(H,11,12). The minimum atomic E-state index is -0.479. The van der Waals surface area contributed by atoms with Gasteiger partial charge in [-0.15, -0.1) is 11.8 Å². The van der Waals surface area contributed by atoms with Gasteiger partial charge in [-0.2, -0.15) is 0 Å². The summed E-state index contributed by atoms with van der Waals surface area (Å²) in [6.07, 6.45) is 0.551. The lowest BCUT2D eigenvalue weighted by atomic mass is 10.3. The summed E-state index contributed by atoms with van der Waals surface area (Å²) in [4.78, 5) is 21.7. The summed E-state index contributed by atoms with van der Waals surface area (Å²) < 4.78 is 9.80. The quantitative estimate of drug-likeness (QED) is 0.632. The zero-order valence-corrected chi connectivity index (χ0v) is 9.50. The molecule has 0 radical (unpaired) electrons. The summed E-state index contributed by atoms with van der Waals surface area (Å²) in [6.45, 7) is 0. The molecule has 1 amide bonds. The van der Waals surface area contributed by atoms with Crippen LogP contribution in [0.3, 0.4) is 0 Å². The van der Waals surface area contributed by atoms with Gasteiger partial charge in [0.05, 0.1) is 24.7 Å². The Morgan fingerprint density at radius 3 is 3.06 bits per heavy atom. The molecule has 1 aliphatic rings. The highest BCUT2D eigenvalue weighted by Crippen LogP contribution is 2.24. The molecule has 16 heavy (non-hydrogen) atoms. The summed E-state index contributed by atoms with van der Waals surface area (Å²) in [5.74, 6) is 1.13. The second-order valence-electron chi connectivity index (χ2n) is 3.33. The van der Waals surface area contributed by atoms with Gasteiger partial charge in [-0.3, -0.25) is 4.79 Å². The maximum absolute atomic E-state index is 11.1. The lowest BCUT2D eigenvalue weighted by molar-refractivity contribution is -0.126. The molecule has 1 N–H and O–H groups in total. The number of esters is 1. The van der Waals surface area contributed by atoms with Crippen LogP contribution in [0.1, 0.15) is 22.7 Å². The highest BCUT2D eigenvalue weighted by atomic mass is 32.2. The Labute approximate surface area is 96.5 Å². The topological polar surface area (TPSA) is 68.5 Å². The van der Waals surface area contributed by atoms with E-state index in [1.807, 2.05) is 0 Å². The number of carbonyl (C=O) groups excluding carboxylic acids is 2. The average Bonchev–Trinajstić information content (AvgIpc) is 2.70. The molecule has 2 heterocycles. The van der Waals surface area contributed by atoms with E-state index in [9.17, 15) is 9.59 Å². The van der Waals surface area contributed by atoms with Crippen LogP contribution in [0.5, 0.6) is 0 Å². The number of β-lactam (4-membered cyclic amide) rings is 1. The number of amides is 1. The fraction of sp³-hybridized carbons (Fsp3) is 0.400. The van der Waals surface area contributed by atoms with Crippen molar-refractivity contribution >= 4 is 23.6 Å². The molecule has 1 aliphatic heterocycles. The second kappa shape index (κ2) is 4.61. The van der Waals surface area contributed by atoms with Crippen LogP contribution in [-0.4, -0.2) is 24.4 Å². The normalized spacial score (nSPS) is 18.8. The molecule has 1 fully saturated rings. The van der Waals surface area contributed by atoms with Crippen molar-refractivity contribution in [2.24, 2.45) is 0 Å². The molecule has 0 saturated carbocycles. The predicted molar refractivity (Wildman–Crippen MR) is 57.9 cm³/mol. The van der Waals surface area contributed by atoms with E-state index < -0.39 is 5.97 Å². The van der Waals surface area contributed by atoms with Crippen LogP contribution in [0, 0.1) is 0 Å². The van der Waals surface area contributed by atoms with Gasteiger partial charge in [0.15, 0.2) is 0 Å². The molecule has 5 nitrogen and oxygen atoms in total. The van der Waals surface area contributed by atoms with E-state index in [1.54, 1.807) is 23.9 Å². The Hall–Kier alpha value is -1.43. The van der Waals surface area contributed by atoms with Crippen LogP contribution in [0.2, 0.25) is 0 Å². The van der Waals surface area contributed by atoms with E-state index >= 15 is 0 Å². The van der Waals surface area contributed by atoms with E-state index in [4.69, 9.17) is 4.42 Å². The predicted octanol–water partition coefficient (Wildman–Crippen LogP) is 1.15. The Kier molecular flexibility index (Phi) is 3.19. The minimum absolute atomic E-state index is 0.0761. The highest BCUT2D eigenvalue weighted by molar-refractivity contribution is 7.99. The third-order valence-corrected chi connectivity index (χ3v) is 3.31. The number of furan rings is 1. The first-order valence-electron chi connectivity index (χ1n) is 4.77. The number of carbonyl (C=O) groups is 2. The van der Waals surface area contributed by atoms with Gasteiger partial charge in [0.1, 0.15) is 5.76 Å². The summed E-state index contributed by atoms with van der Waals surface area (Å²) in [5, 5.41) is 2.91. The summed E-state index contributed by atoms with van der Waals surface area (Å²) in [5.41, 5.74) is 0. The summed E-state index contributed by atoms with van der Waals surface area (Å²) >= 11 is 1.57. The molecule has 0 aliphatic carbocycles. The first-order valence-corrected chi connectivity index (χ1v) is 5.82. The monoisotopic (exact) mass is 241 g/mol. The molecular weight excluding hydrogens is 230 g/mol. The van der Waals surface area contributed by atoms with Crippen LogP contribution in [-0.2, 0) is 15.3 Å². The molecule has 6 heteroatoms. The largest absolute Gasteiger partial charge is 0.463 e. The maximum atomic E-state index is 11.1. The van der Waals surface area contributed by atoms with Crippen molar-refractivity contribution in [3.8, 4) is 0 Å². The first-order chi connectivity index (χ1) is 7.69. The van der Waals surface area contributed by atoms with Crippen molar-refractivity contribution in [1.29, 1.82) is 0 Å². The molecule has 0 bridgehead atoms. The molecule has 0 spiro atoms. The van der Waals surface area contributed by atoms with Gasteiger partial charge >= 0.3 is 5.97 Å². The molecule has 1 atom stereocenters. The van der Waals surface area contributed by atoms with Gasteiger partial charge in [0.25, 0.3) is 0 Å². The molecule has 86 valence electrons. The van der Waals surface area contributed by atoms with Crippen LogP contribution >= 0.6 is 11.8 Å². The average molecular weight is 241 g/mol. The smallest absolute Gasteiger partial charge is 0.373 e. The van der Waals surface area contributed by atoms with Crippen molar-refractivity contribution in [2.45, 2.75) is 17.5 Å². The van der Waals surface area contributed by atoms with E-state index in [-0.39, 0.29) is 17.0 Å². The molecule has 1 aromatic rings. The van der Waals surface area contributed by atoms with Gasteiger partial charge in [-0.25, -0.2) is 4.79 Å². The second-order valence-corrected chi connectivity index (χ2v) is 4.52. The van der Waals surface area contributed by atoms with Gasteiger partial charge in [0, 0.05) is 0 Å². The molecule has 2 rings (SSSR count). The third kappa shape index (κ3) is 2.38. The van der Waals surface area contributed by atoms with Crippen molar-refractivity contribution in [1.82, 2.24) is 5.32 Å². The fourth-order valence-corrected chi connectivity index (χ4v) is 2.28. The Balaban J connectivity index is 1.83. The fourth-order valence-electron chi connectivity index (χ4n) is 1.28. The van der Waals surface area contributed by atoms with Gasteiger partial charge in [0.2, 0.25) is 11.7 Å². The molecular formula is C10H11NO4S. The Morgan fingerprint density at radius 1 is 1.69 bits per heavy atom. The van der Waals surface area contributed by atoms with Crippen molar-refractivity contribution in [3.05, 3.63) is 23.7 Å². The van der Waals surface area contributed by atoms with Crippen LogP contribution in [0.25, 0.3) is 0 Å². The van der Waals surface area contributed by atoms with Crippen molar-refractivity contribution in [3.63, 3.8) is 0 Å². The number of ether oxygens (including phenoxy) is 1. The molecule has 1 aromatic heterocycles. The number of nitrogens with one attached hydrogen (secondary N) is 1. The van der Waals surface area contributed by atoms with Crippen LogP contribution in [0.15, 0.2) is 16.5 Å². The molecule has 1 saturated heterocycles. The zero-order chi connectivity index (χ0) is 11.5. The van der Waals surface area contributed by atoms with E-state index in [0.717, 1.165) is 0 Å². The van der Waals surface area contributed by atoms with E-state index in [2.05, 4.69) is 10.1 Å². The minimum Gasteiger partial charge on any atom is -0.463 e. The SMILES string of the molecule is COC(=O)c1ccc(CSC2CC(=O)N2)o1. The Morgan fingerprint density at radius 2 is 2.44 bits per heavy atom.